The summed E-state index contributed by atoms with van der Waals surface area (Å²) < 4.78 is 1.61. The number of carbonyl (C=O) groups is 1. The molecule has 2 heterocycles. The second-order valence-electron chi connectivity index (χ2n) is 6.51. The second kappa shape index (κ2) is 6.12. The van der Waals surface area contributed by atoms with Gasteiger partial charge in [-0.1, -0.05) is 32.4 Å². The number of aromatic nitrogens is 4. The van der Waals surface area contributed by atoms with E-state index in [-0.39, 0.29) is 17.9 Å². The Labute approximate surface area is 135 Å². The lowest BCUT2D eigenvalue weighted by atomic mass is 9.92. The van der Waals surface area contributed by atoms with Crippen LogP contribution in [0.1, 0.15) is 37.9 Å². The first-order valence-electron chi connectivity index (χ1n) is 7.15. The molecule has 0 fully saturated rings. The van der Waals surface area contributed by atoms with Crippen molar-refractivity contribution >= 4 is 17.5 Å². The molecule has 0 bridgehead atoms. The van der Waals surface area contributed by atoms with E-state index in [1.807, 2.05) is 13.0 Å². The predicted octanol–water partition coefficient (Wildman–Crippen LogP) is 2.52. The summed E-state index contributed by atoms with van der Waals surface area (Å²) in [6, 6.07) is 2.00. The van der Waals surface area contributed by atoms with E-state index in [0.29, 0.717) is 11.6 Å². The highest BCUT2D eigenvalue weighted by Crippen LogP contribution is 2.20. The van der Waals surface area contributed by atoms with Crippen LogP contribution in [-0.2, 0) is 23.3 Å². The summed E-state index contributed by atoms with van der Waals surface area (Å²) in [5.41, 5.74) is 2.68. The maximum atomic E-state index is 12.3. The summed E-state index contributed by atoms with van der Waals surface area (Å²) in [7, 11) is 1.76. The number of H-pyrrole nitrogens is 1. The topological polar surface area (TPSA) is 66.8 Å². The van der Waals surface area contributed by atoms with Crippen molar-refractivity contribution in [2.75, 3.05) is 7.05 Å². The van der Waals surface area contributed by atoms with Crippen molar-refractivity contribution in [3.63, 3.8) is 0 Å². The molecule has 0 aliphatic heterocycles. The van der Waals surface area contributed by atoms with Crippen molar-refractivity contribution in [3.05, 3.63) is 34.4 Å². The zero-order chi connectivity index (χ0) is 16.5. The number of hydrogen-bond acceptors (Lipinski definition) is 3. The van der Waals surface area contributed by atoms with E-state index < -0.39 is 0 Å². The van der Waals surface area contributed by atoms with E-state index in [4.69, 9.17) is 11.6 Å². The molecule has 0 saturated heterocycles. The van der Waals surface area contributed by atoms with Gasteiger partial charge in [0, 0.05) is 12.5 Å². The van der Waals surface area contributed by atoms with Crippen LogP contribution >= 0.6 is 11.6 Å². The van der Waals surface area contributed by atoms with Crippen LogP contribution in [0.2, 0.25) is 5.02 Å². The first kappa shape index (κ1) is 16.5. The Morgan fingerprint density at radius 3 is 2.64 bits per heavy atom. The molecule has 2 aromatic heterocycles. The van der Waals surface area contributed by atoms with Crippen LogP contribution in [-0.4, -0.2) is 37.8 Å². The summed E-state index contributed by atoms with van der Waals surface area (Å²) >= 11 is 5.95. The summed E-state index contributed by atoms with van der Waals surface area (Å²) in [6.45, 7) is 8.81. The van der Waals surface area contributed by atoms with Crippen LogP contribution in [0.25, 0.3) is 0 Å². The van der Waals surface area contributed by atoms with Gasteiger partial charge in [0.05, 0.1) is 34.8 Å². The molecule has 120 valence electrons. The van der Waals surface area contributed by atoms with Gasteiger partial charge in [0.2, 0.25) is 5.91 Å². The number of amides is 1. The van der Waals surface area contributed by atoms with Gasteiger partial charge in [-0.25, -0.2) is 0 Å². The first-order chi connectivity index (χ1) is 10.2. The van der Waals surface area contributed by atoms with E-state index in [9.17, 15) is 4.79 Å². The number of carbonyl (C=O) groups excluding carboxylic acids is 1. The van der Waals surface area contributed by atoms with Gasteiger partial charge >= 0.3 is 0 Å². The third-order valence-corrected chi connectivity index (χ3v) is 3.93. The SMILES string of the molecule is Cc1c(Cl)cnn1CC(=O)N(C)Cc1cc(C(C)(C)C)n[nH]1. The summed E-state index contributed by atoms with van der Waals surface area (Å²) in [4.78, 5) is 13.9. The lowest BCUT2D eigenvalue weighted by Gasteiger charge is -2.17. The Morgan fingerprint density at radius 1 is 1.45 bits per heavy atom. The Hall–Kier alpha value is -1.82. The fourth-order valence-electron chi connectivity index (χ4n) is 2.00. The number of halogens is 1. The van der Waals surface area contributed by atoms with Gasteiger partial charge in [-0.3, -0.25) is 14.6 Å². The maximum absolute atomic E-state index is 12.3. The van der Waals surface area contributed by atoms with Gasteiger partial charge in [0.15, 0.2) is 0 Å². The van der Waals surface area contributed by atoms with Crippen LogP contribution in [0.3, 0.4) is 0 Å². The minimum absolute atomic E-state index is 0.0136. The van der Waals surface area contributed by atoms with Crippen molar-refractivity contribution in [2.45, 2.75) is 46.2 Å². The van der Waals surface area contributed by atoms with Gasteiger partial charge in [0.1, 0.15) is 6.54 Å². The molecule has 0 aromatic carbocycles. The highest BCUT2D eigenvalue weighted by atomic mass is 35.5. The van der Waals surface area contributed by atoms with Gasteiger partial charge < -0.3 is 4.90 Å². The highest BCUT2D eigenvalue weighted by molar-refractivity contribution is 6.31. The van der Waals surface area contributed by atoms with Crippen molar-refractivity contribution in [1.82, 2.24) is 24.9 Å². The molecule has 1 N–H and O–H groups in total. The van der Waals surface area contributed by atoms with Crippen molar-refractivity contribution in [1.29, 1.82) is 0 Å². The molecule has 0 aliphatic rings. The van der Waals surface area contributed by atoms with Crippen molar-refractivity contribution < 1.29 is 4.79 Å². The maximum Gasteiger partial charge on any atom is 0.244 e. The molecule has 0 saturated carbocycles. The third kappa shape index (κ3) is 3.68. The van der Waals surface area contributed by atoms with E-state index in [2.05, 4.69) is 36.1 Å². The van der Waals surface area contributed by atoms with Crippen LogP contribution in [0.15, 0.2) is 12.3 Å². The number of nitrogens with one attached hydrogen (secondary N) is 1. The van der Waals surface area contributed by atoms with E-state index in [0.717, 1.165) is 17.1 Å². The van der Waals surface area contributed by atoms with Crippen LogP contribution in [0.5, 0.6) is 0 Å². The summed E-state index contributed by atoms with van der Waals surface area (Å²) in [5.74, 6) is -0.0326. The molecule has 6 nitrogen and oxygen atoms in total. The molecule has 22 heavy (non-hydrogen) atoms. The summed E-state index contributed by atoms with van der Waals surface area (Å²) in [5, 5.41) is 12.0. The Balaban J connectivity index is 1.99. The zero-order valence-electron chi connectivity index (χ0n) is 13.6. The molecule has 0 spiro atoms. The molecule has 0 unspecified atom stereocenters. The van der Waals surface area contributed by atoms with E-state index in [1.165, 1.54) is 0 Å². The molecule has 2 rings (SSSR count). The zero-order valence-corrected chi connectivity index (χ0v) is 14.4. The smallest absolute Gasteiger partial charge is 0.244 e. The minimum atomic E-state index is -0.0326. The summed E-state index contributed by atoms with van der Waals surface area (Å²) in [6.07, 6.45) is 1.55. The number of nitrogens with zero attached hydrogens (tertiary/aromatic N) is 4. The second-order valence-corrected chi connectivity index (χ2v) is 6.92. The van der Waals surface area contributed by atoms with Gasteiger partial charge in [-0.05, 0) is 13.0 Å². The van der Waals surface area contributed by atoms with E-state index >= 15 is 0 Å². The molecular formula is C15H22ClN5O. The molecule has 2 aromatic rings. The molecule has 0 radical (unpaired) electrons. The average Bonchev–Trinajstić information content (AvgIpc) is 3.00. The predicted molar refractivity (Wildman–Crippen MR) is 85.7 cm³/mol. The number of hydrogen-bond donors (Lipinski definition) is 1. The van der Waals surface area contributed by atoms with Crippen LogP contribution in [0.4, 0.5) is 0 Å². The largest absolute Gasteiger partial charge is 0.338 e. The van der Waals surface area contributed by atoms with Crippen molar-refractivity contribution in [2.24, 2.45) is 0 Å². The van der Waals surface area contributed by atoms with Crippen molar-refractivity contribution in [3.8, 4) is 0 Å². The molecule has 0 aliphatic carbocycles. The van der Waals surface area contributed by atoms with Crippen LogP contribution in [0, 0.1) is 6.92 Å². The Kier molecular flexibility index (Phi) is 4.60. The average molecular weight is 324 g/mol. The molecule has 0 atom stereocenters. The minimum Gasteiger partial charge on any atom is -0.338 e. The van der Waals surface area contributed by atoms with Gasteiger partial charge in [-0.15, -0.1) is 0 Å². The lowest BCUT2D eigenvalue weighted by Crippen LogP contribution is -2.30. The quantitative estimate of drug-likeness (QED) is 0.940. The van der Waals surface area contributed by atoms with E-state index in [1.54, 1.807) is 22.8 Å². The molecular weight excluding hydrogens is 302 g/mol. The fraction of sp³-hybridized carbons (Fsp3) is 0.533. The Bertz CT molecular complexity index is 668. The van der Waals surface area contributed by atoms with Gasteiger partial charge in [-0.2, -0.15) is 10.2 Å². The molecule has 1 amide bonds. The molecule has 7 heteroatoms. The normalized spacial score (nSPS) is 11.7. The number of rotatable bonds is 4. The monoisotopic (exact) mass is 323 g/mol. The fourth-order valence-corrected chi connectivity index (χ4v) is 2.14. The highest BCUT2D eigenvalue weighted by Gasteiger charge is 2.19. The first-order valence-corrected chi connectivity index (χ1v) is 7.53. The third-order valence-electron chi connectivity index (χ3n) is 3.56. The van der Waals surface area contributed by atoms with Gasteiger partial charge in [0.25, 0.3) is 0 Å². The van der Waals surface area contributed by atoms with Crippen LogP contribution < -0.4 is 0 Å². The standard InChI is InChI=1S/C15H22ClN5O/c1-10-12(16)7-17-21(10)9-14(22)20(5)8-11-6-13(19-18-11)15(2,3)4/h6-7H,8-9H2,1-5H3,(H,18,19). The number of likely N-dealkylation sites (N-methyl/N-ethyl adjacent to an activating group) is 1. The number of aromatic amines is 1. The lowest BCUT2D eigenvalue weighted by molar-refractivity contribution is -0.131. The Morgan fingerprint density at radius 2 is 2.14 bits per heavy atom.